The molecule has 1 aromatic carbocycles. The Kier molecular flexibility index (Phi) is 2.74. The number of nitrogen functional groups attached to an aromatic ring is 1. The molecule has 2 aromatic heterocycles. The monoisotopic (exact) mass is 254 g/mol. The van der Waals surface area contributed by atoms with Crippen LogP contribution in [0.4, 0.5) is 5.82 Å². The minimum atomic E-state index is 0.451. The molecule has 0 spiro atoms. The van der Waals surface area contributed by atoms with Gasteiger partial charge < -0.3 is 5.73 Å². The first kappa shape index (κ1) is 10.9. The minimum Gasteiger partial charge on any atom is -0.384 e. The van der Waals surface area contributed by atoms with Crippen LogP contribution in [0.2, 0.25) is 0 Å². The summed E-state index contributed by atoms with van der Waals surface area (Å²) in [6.45, 7) is 0. The topological polar surface area (TPSA) is 64.7 Å². The van der Waals surface area contributed by atoms with Crippen LogP contribution in [-0.4, -0.2) is 15.0 Å². The lowest BCUT2D eigenvalue weighted by molar-refractivity contribution is 1.17. The Hall–Kier alpha value is -2.27. The predicted molar refractivity (Wildman–Crippen MR) is 73.0 cm³/mol. The van der Waals surface area contributed by atoms with E-state index in [1.54, 1.807) is 11.6 Å². The predicted octanol–water partition coefficient (Wildman–Crippen LogP) is 2.85. The Bertz CT molecular complexity index is 650. The van der Waals surface area contributed by atoms with Crippen molar-refractivity contribution in [1.82, 2.24) is 15.0 Å². The van der Waals surface area contributed by atoms with Crippen LogP contribution in [-0.2, 0) is 0 Å². The summed E-state index contributed by atoms with van der Waals surface area (Å²) < 4.78 is 0. The average molecular weight is 254 g/mol. The van der Waals surface area contributed by atoms with Gasteiger partial charge in [-0.15, -0.1) is 11.3 Å². The standard InChI is InChI=1S/C13H10N4S/c14-12-6-10(11-7-18-8-15-11)16-13(17-12)9-4-2-1-3-5-9/h1-8H,(H2,14,16,17). The normalized spacial score (nSPS) is 10.4. The maximum Gasteiger partial charge on any atom is 0.162 e. The molecule has 0 bridgehead atoms. The SMILES string of the molecule is Nc1cc(-c2cscn2)nc(-c2ccccc2)n1. The first-order valence-electron chi connectivity index (χ1n) is 5.41. The molecular formula is C13H10N4S. The van der Waals surface area contributed by atoms with Gasteiger partial charge >= 0.3 is 0 Å². The molecule has 18 heavy (non-hydrogen) atoms. The van der Waals surface area contributed by atoms with Crippen molar-refractivity contribution in [1.29, 1.82) is 0 Å². The van der Waals surface area contributed by atoms with Crippen molar-refractivity contribution >= 4 is 17.2 Å². The van der Waals surface area contributed by atoms with Gasteiger partial charge in [0.2, 0.25) is 0 Å². The van der Waals surface area contributed by atoms with Crippen LogP contribution in [0.5, 0.6) is 0 Å². The third kappa shape index (κ3) is 2.08. The number of rotatable bonds is 2. The van der Waals surface area contributed by atoms with Gasteiger partial charge in [-0.1, -0.05) is 30.3 Å². The van der Waals surface area contributed by atoms with Gasteiger partial charge in [-0.25, -0.2) is 15.0 Å². The van der Waals surface area contributed by atoms with Crippen molar-refractivity contribution in [2.75, 3.05) is 5.73 Å². The van der Waals surface area contributed by atoms with E-state index in [9.17, 15) is 0 Å². The highest BCUT2D eigenvalue weighted by Gasteiger charge is 2.08. The van der Waals surface area contributed by atoms with Crippen LogP contribution in [0, 0.1) is 0 Å². The first-order valence-corrected chi connectivity index (χ1v) is 6.36. The Labute approximate surface area is 108 Å². The number of hydrogen-bond acceptors (Lipinski definition) is 5. The second kappa shape index (κ2) is 4.54. The van der Waals surface area contributed by atoms with Crippen molar-refractivity contribution in [3.05, 3.63) is 47.3 Å². The number of thiazole rings is 1. The van der Waals surface area contributed by atoms with Crippen molar-refractivity contribution in [3.8, 4) is 22.8 Å². The molecule has 0 amide bonds. The Morgan fingerprint density at radius 2 is 1.83 bits per heavy atom. The Morgan fingerprint density at radius 3 is 2.56 bits per heavy atom. The van der Waals surface area contributed by atoms with E-state index in [2.05, 4.69) is 15.0 Å². The molecule has 2 heterocycles. The molecule has 0 atom stereocenters. The largest absolute Gasteiger partial charge is 0.384 e. The molecule has 0 saturated carbocycles. The van der Waals surface area contributed by atoms with Crippen molar-refractivity contribution < 1.29 is 0 Å². The number of aromatic nitrogens is 3. The molecule has 0 saturated heterocycles. The third-order valence-electron chi connectivity index (χ3n) is 2.47. The summed E-state index contributed by atoms with van der Waals surface area (Å²) in [5.74, 6) is 1.07. The van der Waals surface area contributed by atoms with E-state index in [-0.39, 0.29) is 0 Å². The number of anilines is 1. The molecule has 0 unspecified atom stereocenters. The van der Waals surface area contributed by atoms with E-state index in [0.717, 1.165) is 17.0 Å². The average Bonchev–Trinajstić information content (AvgIpc) is 2.93. The molecule has 2 N–H and O–H groups in total. The molecule has 0 fully saturated rings. The van der Waals surface area contributed by atoms with Crippen LogP contribution in [0.1, 0.15) is 0 Å². The lowest BCUT2D eigenvalue weighted by Gasteiger charge is -2.04. The second-order valence-corrected chi connectivity index (χ2v) is 4.46. The molecule has 4 nitrogen and oxygen atoms in total. The van der Waals surface area contributed by atoms with E-state index in [0.29, 0.717) is 11.6 Å². The Balaban J connectivity index is 2.12. The maximum atomic E-state index is 5.83. The summed E-state index contributed by atoms with van der Waals surface area (Å²) in [5.41, 5.74) is 10.1. The van der Waals surface area contributed by atoms with Crippen LogP contribution in [0.25, 0.3) is 22.8 Å². The number of benzene rings is 1. The van der Waals surface area contributed by atoms with Gasteiger partial charge in [0, 0.05) is 17.0 Å². The first-order chi connectivity index (χ1) is 8.83. The summed E-state index contributed by atoms with van der Waals surface area (Å²) in [6, 6.07) is 11.5. The maximum absolute atomic E-state index is 5.83. The lowest BCUT2D eigenvalue weighted by Crippen LogP contribution is -1.97. The third-order valence-corrected chi connectivity index (χ3v) is 3.06. The molecule has 88 valence electrons. The zero-order valence-electron chi connectivity index (χ0n) is 9.45. The highest BCUT2D eigenvalue weighted by Crippen LogP contribution is 2.22. The van der Waals surface area contributed by atoms with E-state index < -0.39 is 0 Å². The van der Waals surface area contributed by atoms with Gasteiger partial charge in [-0.3, -0.25) is 0 Å². The number of nitrogens with two attached hydrogens (primary N) is 1. The van der Waals surface area contributed by atoms with Crippen molar-refractivity contribution in [2.45, 2.75) is 0 Å². The van der Waals surface area contributed by atoms with Crippen LogP contribution in [0.15, 0.2) is 47.3 Å². The summed E-state index contributed by atoms with van der Waals surface area (Å²) in [6.07, 6.45) is 0. The highest BCUT2D eigenvalue weighted by molar-refractivity contribution is 7.07. The molecule has 0 aliphatic rings. The van der Waals surface area contributed by atoms with Crippen LogP contribution < -0.4 is 5.73 Å². The Morgan fingerprint density at radius 1 is 1.00 bits per heavy atom. The van der Waals surface area contributed by atoms with Gasteiger partial charge in [0.15, 0.2) is 5.82 Å². The molecular weight excluding hydrogens is 244 g/mol. The van der Waals surface area contributed by atoms with Crippen molar-refractivity contribution in [3.63, 3.8) is 0 Å². The summed E-state index contributed by atoms with van der Waals surface area (Å²) in [7, 11) is 0. The molecule has 3 rings (SSSR count). The van der Waals surface area contributed by atoms with E-state index in [1.165, 1.54) is 11.3 Å². The van der Waals surface area contributed by atoms with Crippen molar-refractivity contribution in [2.24, 2.45) is 0 Å². The minimum absolute atomic E-state index is 0.451. The summed E-state index contributed by atoms with van der Waals surface area (Å²) in [5, 5.41) is 1.94. The summed E-state index contributed by atoms with van der Waals surface area (Å²) >= 11 is 1.53. The lowest BCUT2D eigenvalue weighted by atomic mass is 10.2. The quantitative estimate of drug-likeness (QED) is 0.763. The van der Waals surface area contributed by atoms with Gasteiger partial charge in [-0.05, 0) is 0 Å². The fourth-order valence-corrected chi connectivity index (χ4v) is 2.20. The zero-order chi connectivity index (χ0) is 12.4. The molecule has 0 radical (unpaired) electrons. The molecule has 0 aliphatic carbocycles. The van der Waals surface area contributed by atoms with Crippen LogP contribution in [0.3, 0.4) is 0 Å². The smallest absolute Gasteiger partial charge is 0.162 e. The number of nitrogens with zero attached hydrogens (tertiary/aromatic N) is 3. The fourth-order valence-electron chi connectivity index (χ4n) is 1.65. The fraction of sp³-hybridized carbons (Fsp3) is 0. The second-order valence-electron chi connectivity index (χ2n) is 3.74. The summed E-state index contributed by atoms with van der Waals surface area (Å²) in [4.78, 5) is 13.0. The van der Waals surface area contributed by atoms with E-state index >= 15 is 0 Å². The molecule has 5 heteroatoms. The zero-order valence-corrected chi connectivity index (χ0v) is 10.3. The van der Waals surface area contributed by atoms with Crippen LogP contribution >= 0.6 is 11.3 Å². The molecule has 3 aromatic rings. The van der Waals surface area contributed by atoms with E-state index in [1.807, 2.05) is 35.7 Å². The van der Waals surface area contributed by atoms with Gasteiger partial charge in [0.05, 0.1) is 16.9 Å². The van der Waals surface area contributed by atoms with Gasteiger partial charge in [0.25, 0.3) is 0 Å². The highest BCUT2D eigenvalue weighted by atomic mass is 32.1. The van der Waals surface area contributed by atoms with Gasteiger partial charge in [-0.2, -0.15) is 0 Å². The van der Waals surface area contributed by atoms with E-state index in [4.69, 9.17) is 5.73 Å². The number of hydrogen-bond donors (Lipinski definition) is 1. The molecule has 0 aliphatic heterocycles. The van der Waals surface area contributed by atoms with Gasteiger partial charge in [0.1, 0.15) is 5.82 Å².